The van der Waals surface area contributed by atoms with Crippen LogP contribution >= 0.6 is 0 Å². The van der Waals surface area contributed by atoms with Crippen molar-refractivity contribution in [3.8, 4) is 11.1 Å². The lowest BCUT2D eigenvalue weighted by molar-refractivity contribution is -0.117. The fourth-order valence-corrected chi connectivity index (χ4v) is 2.23. The second-order valence-corrected chi connectivity index (χ2v) is 4.52. The van der Waals surface area contributed by atoms with Crippen molar-refractivity contribution in [1.82, 2.24) is 9.97 Å². The summed E-state index contributed by atoms with van der Waals surface area (Å²) in [4.78, 5) is 20.7. The van der Waals surface area contributed by atoms with Crippen LogP contribution in [0.4, 0.5) is 5.69 Å². The van der Waals surface area contributed by atoms with Crippen molar-refractivity contribution in [2.45, 2.75) is 19.8 Å². The summed E-state index contributed by atoms with van der Waals surface area (Å²) < 4.78 is 0. The van der Waals surface area contributed by atoms with Crippen LogP contribution in [0.1, 0.15) is 24.2 Å². The number of carbonyl (C=O) groups excluding carboxylic acids is 1. The zero-order chi connectivity index (χ0) is 12.7. The largest absolute Gasteiger partial charge is 0.325 e. The molecule has 0 aromatic carbocycles. The number of anilines is 1. The SMILES string of the molecule is Cc1cc2c(cn1)-c1cccnc1C(C)C(=O)N2. The van der Waals surface area contributed by atoms with Crippen LogP contribution in [-0.2, 0) is 4.79 Å². The molecule has 0 saturated heterocycles. The molecule has 0 radical (unpaired) electrons. The summed E-state index contributed by atoms with van der Waals surface area (Å²) in [5, 5.41) is 2.94. The minimum Gasteiger partial charge on any atom is -0.325 e. The third-order valence-corrected chi connectivity index (χ3v) is 3.23. The van der Waals surface area contributed by atoms with Crippen LogP contribution in [0.15, 0.2) is 30.6 Å². The van der Waals surface area contributed by atoms with Gasteiger partial charge in [0.2, 0.25) is 5.91 Å². The van der Waals surface area contributed by atoms with Gasteiger partial charge in [-0.3, -0.25) is 14.8 Å². The van der Waals surface area contributed by atoms with Crippen molar-refractivity contribution in [3.05, 3.63) is 42.0 Å². The molecule has 2 aromatic heterocycles. The van der Waals surface area contributed by atoms with Crippen molar-refractivity contribution in [2.75, 3.05) is 5.32 Å². The van der Waals surface area contributed by atoms with Gasteiger partial charge in [0.15, 0.2) is 0 Å². The minimum atomic E-state index is -0.256. The third kappa shape index (κ3) is 1.57. The molecule has 18 heavy (non-hydrogen) atoms. The van der Waals surface area contributed by atoms with E-state index in [0.717, 1.165) is 28.2 Å². The van der Waals surface area contributed by atoms with Gasteiger partial charge in [0.25, 0.3) is 0 Å². The molecule has 1 amide bonds. The van der Waals surface area contributed by atoms with E-state index in [0.29, 0.717) is 0 Å². The molecule has 3 rings (SSSR count). The molecule has 3 heterocycles. The predicted molar refractivity (Wildman–Crippen MR) is 69.2 cm³/mol. The number of hydrogen-bond donors (Lipinski definition) is 1. The van der Waals surface area contributed by atoms with Crippen LogP contribution in [0.25, 0.3) is 11.1 Å². The molecule has 1 aliphatic rings. The predicted octanol–water partition coefficient (Wildman–Crippen LogP) is 2.51. The van der Waals surface area contributed by atoms with Crippen molar-refractivity contribution in [3.63, 3.8) is 0 Å². The Labute approximate surface area is 105 Å². The van der Waals surface area contributed by atoms with Gasteiger partial charge in [0, 0.05) is 29.2 Å². The lowest BCUT2D eigenvalue weighted by atomic mass is 9.98. The topological polar surface area (TPSA) is 54.9 Å². The second-order valence-electron chi connectivity index (χ2n) is 4.52. The Kier molecular flexibility index (Phi) is 2.37. The zero-order valence-electron chi connectivity index (χ0n) is 10.3. The molecule has 1 atom stereocenters. The molecule has 1 unspecified atom stereocenters. The maximum absolute atomic E-state index is 12.1. The van der Waals surface area contributed by atoms with Crippen molar-refractivity contribution >= 4 is 11.6 Å². The summed E-state index contributed by atoms with van der Waals surface area (Å²) in [7, 11) is 0. The van der Waals surface area contributed by atoms with Crippen LogP contribution < -0.4 is 5.32 Å². The highest BCUT2D eigenvalue weighted by molar-refractivity contribution is 6.02. The molecule has 1 aliphatic heterocycles. The van der Waals surface area contributed by atoms with E-state index in [4.69, 9.17) is 0 Å². The Bertz CT molecular complexity index is 637. The lowest BCUT2D eigenvalue weighted by Crippen LogP contribution is -2.18. The first kappa shape index (κ1) is 10.9. The van der Waals surface area contributed by atoms with E-state index in [-0.39, 0.29) is 11.8 Å². The molecule has 2 aromatic rings. The summed E-state index contributed by atoms with van der Waals surface area (Å²) >= 11 is 0. The standard InChI is InChI=1S/C14H13N3O/c1-8-6-12-11(7-16-8)10-4-3-5-15-13(10)9(2)14(18)17-12/h3-7,9H,1-2H3,(H,17,18). The summed E-state index contributed by atoms with van der Waals surface area (Å²) in [6, 6.07) is 5.75. The quantitative estimate of drug-likeness (QED) is 0.768. The Morgan fingerprint density at radius 3 is 2.94 bits per heavy atom. The van der Waals surface area contributed by atoms with E-state index in [1.54, 1.807) is 12.4 Å². The number of pyridine rings is 2. The van der Waals surface area contributed by atoms with Gasteiger partial charge in [-0.15, -0.1) is 0 Å². The first-order valence-corrected chi connectivity index (χ1v) is 5.89. The van der Waals surface area contributed by atoms with Crippen LogP contribution in [0.2, 0.25) is 0 Å². The highest BCUT2D eigenvalue weighted by Crippen LogP contribution is 2.36. The first-order valence-electron chi connectivity index (χ1n) is 5.89. The van der Waals surface area contributed by atoms with Gasteiger partial charge in [-0.1, -0.05) is 6.07 Å². The number of nitrogens with zero attached hydrogens (tertiary/aromatic N) is 2. The number of carbonyl (C=O) groups is 1. The molecule has 4 heteroatoms. The average molecular weight is 239 g/mol. The third-order valence-electron chi connectivity index (χ3n) is 3.23. The smallest absolute Gasteiger partial charge is 0.233 e. The van der Waals surface area contributed by atoms with Gasteiger partial charge >= 0.3 is 0 Å². The molecule has 4 nitrogen and oxygen atoms in total. The van der Waals surface area contributed by atoms with E-state index >= 15 is 0 Å². The lowest BCUT2D eigenvalue weighted by Gasteiger charge is -2.08. The van der Waals surface area contributed by atoms with E-state index in [1.165, 1.54) is 0 Å². The van der Waals surface area contributed by atoms with Crippen molar-refractivity contribution in [2.24, 2.45) is 0 Å². The maximum atomic E-state index is 12.1. The van der Waals surface area contributed by atoms with E-state index < -0.39 is 0 Å². The molecular weight excluding hydrogens is 226 g/mol. The summed E-state index contributed by atoms with van der Waals surface area (Å²) in [5.74, 6) is -0.284. The van der Waals surface area contributed by atoms with Crippen molar-refractivity contribution in [1.29, 1.82) is 0 Å². The molecule has 1 N–H and O–H groups in total. The summed E-state index contributed by atoms with van der Waals surface area (Å²) in [6.45, 7) is 3.78. The highest BCUT2D eigenvalue weighted by atomic mass is 16.1. The molecule has 0 bridgehead atoms. The van der Waals surface area contributed by atoms with Crippen molar-refractivity contribution < 1.29 is 4.79 Å². The molecule has 0 saturated carbocycles. The Morgan fingerprint density at radius 1 is 1.28 bits per heavy atom. The van der Waals surface area contributed by atoms with Gasteiger partial charge in [-0.2, -0.15) is 0 Å². The van der Waals surface area contributed by atoms with Gasteiger partial charge < -0.3 is 5.32 Å². The number of aromatic nitrogens is 2. The summed E-state index contributed by atoms with van der Waals surface area (Å²) in [5.41, 5.74) is 4.41. The molecule has 0 spiro atoms. The Hall–Kier alpha value is -2.23. The molecule has 0 fully saturated rings. The minimum absolute atomic E-state index is 0.0284. The van der Waals surface area contributed by atoms with E-state index in [1.807, 2.05) is 32.0 Å². The van der Waals surface area contributed by atoms with Crippen LogP contribution in [0, 0.1) is 6.92 Å². The van der Waals surface area contributed by atoms with Crippen LogP contribution in [0.5, 0.6) is 0 Å². The number of nitrogens with one attached hydrogen (secondary N) is 1. The number of hydrogen-bond acceptors (Lipinski definition) is 3. The number of rotatable bonds is 0. The number of fused-ring (bicyclic) bond motifs is 3. The fraction of sp³-hybridized carbons (Fsp3) is 0.214. The van der Waals surface area contributed by atoms with Gasteiger partial charge in [0.05, 0.1) is 17.3 Å². The number of aryl methyl sites for hydroxylation is 1. The van der Waals surface area contributed by atoms with Gasteiger partial charge in [-0.05, 0) is 26.0 Å². The first-order chi connectivity index (χ1) is 8.66. The Morgan fingerprint density at radius 2 is 2.11 bits per heavy atom. The number of amides is 1. The molecule has 0 aliphatic carbocycles. The van der Waals surface area contributed by atoms with E-state index in [2.05, 4.69) is 15.3 Å². The Balaban J connectivity index is 2.32. The average Bonchev–Trinajstić information content (AvgIpc) is 2.47. The normalized spacial score (nSPS) is 17.4. The van der Waals surface area contributed by atoms with Crippen LogP contribution in [0.3, 0.4) is 0 Å². The van der Waals surface area contributed by atoms with Gasteiger partial charge in [0.1, 0.15) is 0 Å². The highest BCUT2D eigenvalue weighted by Gasteiger charge is 2.26. The van der Waals surface area contributed by atoms with Gasteiger partial charge in [-0.25, -0.2) is 0 Å². The fourth-order valence-electron chi connectivity index (χ4n) is 2.23. The summed E-state index contributed by atoms with van der Waals surface area (Å²) in [6.07, 6.45) is 3.51. The maximum Gasteiger partial charge on any atom is 0.233 e. The van der Waals surface area contributed by atoms with E-state index in [9.17, 15) is 4.79 Å². The molecular formula is C14H13N3O. The second kappa shape index (κ2) is 3.91. The molecule has 90 valence electrons. The van der Waals surface area contributed by atoms with Crippen LogP contribution in [-0.4, -0.2) is 15.9 Å². The monoisotopic (exact) mass is 239 g/mol. The zero-order valence-corrected chi connectivity index (χ0v) is 10.3.